The fourth-order valence-electron chi connectivity index (χ4n) is 5.70. The van der Waals surface area contributed by atoms with E-state index in [4.69, 9.17) is 19.2 Å². The number of methoxy groups -OCH3 is 2. The molecule has 8 heteroatoms. The minimum Gasteiger partial charge on any atom is -0.496 e. The van der Waals surface area contributed by atoms with Crippen LogP contribution in [-0.2, 0) is 19.7 Å². The van der Waals surface area contributed by atoms with Gasteiger partial charge in [0.25, 0.3) is 5.91 Å². The number of benzene rings is 1. The van der Waals surface area contributed by atoms with Gasteiger partial charge in [-0.1, -0.05) is 40.7 Å². The number of thiazole rings is 1. The van der Waals surface area contributed by atoms with Gasteiger partial charge in [-0.2, -0.15) is 0 Å². The van der Waals surface area contributed by atoms with Crippen molar-refractivity contribution in [2.24, 2.45) is 11.8 Å². The molecule has 3 atom stereocenters. The third-order valence-corrected chi connectivity index (χ3v) is 8.04. The molecular formula is C31H46N2O5S. The van der Waals surface area contributed by atoms with Gasteiger partial charge in [-0.25, -0.2) is 9.78 Å². The number of hydrogen-bond donors (Lipinski definition) is 0. The molecule has 0 N–H and O–H groups in total. The quantitative estimate of drug-likeness (QED) is 0.334. The maximum atomic E-state index is 14.7. The van der Waals surface area contributed by atoms with E-state index in [9.17, 15) is 9.59 Å². The number of likely N-dealkylation sites (tertiary alicyclic amines) is 1. The van der Waals surface area contributed by atoms with E-state index in [0.29, 0.717) is 30.8 Å². The van der Waals surface area contributed by atoms with Crippen LogP contribution in [0.4, 0.5) is 0 Å². The molecule has 1 aromatic carbocycles. The number of aromatic nitrogens is 1. The van der Waals surface area contributed by atoms with Crippen molar-refractivity contribution in [3.05, 3.63) is 45.4 Å². The predicted octanol–water partition coefficient (Wildman–Crippen LogP) is 6.73. The van der Waals surface area contributed by atoms with E-state index in [2.05, 4.69) is 34.6 Å². The van der Waals surface area contributed by atoms with Crippen molar-refractivity contribution in [2.45, 2.75) is 97.8 Å². The summed E-state index contributed by atoms with van der Waals surface area (Å²) in [4.78, 5) is 36.4. The van der Waals surface area contributed by atoms with Crippen LogP contribution in [0.1, 0.15) is 100 Å². The first-order chi connectivity index (χ1) is 18.0. The van der Waals surface area contributed by atoms with Crippen molar-refractivity contribution in [1.29, 1.82) is 0 Å². The van der Waals surface area contributed by atoms with Gasteiger partial charge in [-0.3, -0.25) is 4.79 Å². The molecule has 39 heavy (non-hydrogen) atoms. The molecular weight excluding hydrogens is 512 g/mol. The van der Waals surface area contributed by atoms with Gasteiger partial charge in [0.1, 0.15) is 21.9 Å². The predicted molar refractivity (Wildman–Crippen MR) is 155 cm³/mol. The van der Waals surface area contributed by atoms with Crippen molar-refractivity contribution in [3.63, 3.8) is 0 Å². The lowest BCUT2D eigenvalue weighted by molar-refractivity contribution is -0.168. The Hall–Kier alpha value is -2.45. The second-order valence-electron chi connectivity index (χ2n) is 13.1. The first-order valence-electron chi connectivity index (χ1n) is 13.7. The number of nitrogens with zero attached hydrogens (tertiary/aromatic N) is 2. The third-order valence-electron chi connectivity index (χ3n) is 7.06. The SMILES string of the molecule is COC[C@H]1C[C@@](CC(C)C)(C(=O)OC(C)(C)C)N(C(=O)c2ccc(C(C)(C)C)c(OC)c2)[C@H]1c1ncc(C)s1. The molecule has 1 aromatic heterocycles. The van der Waals surface area contributed by atoms with Crippen LogP contribution in [0.15, 0.2) is 24.4 Å². The van der Waals surface area contributed by atoms with E-state index in [1.165, 1.54) is 0 Å². The number of amides is 1. The van der Waals surface area contributed by atoms with Crippen LogP contribution in [0, 0.1) is 18.8 Å². The highest BCUT2D eigenvalue weighted by Gasteiger charge is 2.60. The minimum absolute atomic E-state index is 0.130. The molecule has 0 saturated carbocycles. The summed E-state index contributed by atoms with van der Waals surface area (Å²) in [7, 11) is 3.27. The van der Waals surface area contributed by atoms with Crippen LogP contribution in [0.2, 0.25) is 0 Å². The second-order valence-corrected chi connectivity index (χ2v) is 14.4. The molecule has 1 fully saturated rings. The van der Waals surface area contributed by atoms with Gasteiger partial charge in [0.05, 0.1) is 19.8 Å². The summed E-state index contributed by atoms with van der Waals surface area (Å²) in [6.07, 6.45) is 2.72. The number of rotatable bonds is 8. The molecule has 216 valence electrons. The normalized spacial score (nSPS) is 21.9. The third kappa shape index (κ3) is 6.65. The van der Waals surface area contributed by atoms with E-state index < -0.39 is 17.2 Å². The molecule has 0 aliphatic carbocycles. The summed E-state index contributed by atoms with van der Waals surface area (Å²) >= 11 is 1.55. The molecule has 0 radical (unpaired) electrons. The van der Waals surface area contributed by atoms with Gasteiger partial charge in [-0.15, -0.1) is 11.3 Å². The zero-order valence-corrected chi connectivity index (χ0v) is 26.3. The summed E-state index contributed by atoms with van der Waals surface area (Å²) in [6, 6.07) is 5.16. The molecule has 0 bridgehead atoms. The molecule has 1 saturated heterocycles. The Balaban J connectivity index is 2.28. The highest BCUT2D eigenvalue weighted by Crippen LogP contribution is 2.52. The molecule has 0 unspecified atom stereocenters. The summed E-state index contributed by atoms with van der Waals surface area (Å²) in [6.45, 7) is 18.4. The van der Waals surface area contributed by atoms with E-state index in [-0.39, 0.29) is 29.1 Å². The van der Waals surface area contributed by atoms with Crippen LogP contribution in [0.3, 0.4) is 0 Å². The standard InChI is InChI=1S/C31H46N2O5S/c1-19(2)15-31(28(35)38-30(7,8)9)16-22(18-36-10)25(26-32-17-20(3)39-26)33(31)27(34)21-12-13-23(29(4,5)6)24(14-21)37-11/h12-14,17,19,22,25H,15-16,18H2,1-11H3/t22-,25-,31+/m1/s1. The van der Waals surface area contributed by atoms with Crippen molar-refractivity contribution >= 4 is 23.2 Å². The summed E-state index contributed by atoms with van der Waals surface area (Å²) in [5, 5.41) is 0.801. The lowest BCUT2D eigenvalue weighted by Crippen LogP contribution is -2.56. The molecule has 1 aliphatic heterocycles. The van der Waals surface area contributed by atoms with Crippen molar-refractivity contribution < 1.29 is 23.8 Å². The molecule has 3 rings (SSSR count). The summed E-state index contributed by atoms with van der Waals surface area (Å²) < 4.78 is 17.4. The Bertz CT molecular complexity index is 1180. The Morgan fingerprint density at radius 1 is 1.15 bits per heavy atom. The van der Waals surface area contributed by atoms with Gasteiger partial charge in [0, 0.05) is 29.7 Å². The van der Waals surface area contributed by atoms with Gasteiger partial charge in [-0.05, 0) is 69.6 Å². The van der Waals surface area contributed by atoms with Crippen LogP contribution < -0.4 is 4.74 Å². The largest absolute Gasteiger partial charge is 0.496 e. The van der Waals surface area contributed by atoms with E-state index in [1.54, 1.807) is 36.5 Å². The number of ether oxygens (including phenoxy) is 3. The maximum absolute atomic E-state index is 14.7. The average molecular weight is 559 g/mol. The molecule has 1 aliphatic rings. The first-order valence-corrected chi connectivity index (χ1v) is 14.5. The first kappa shape index (κ1) is 31.1. The fourth-order valence-corrected chi connectivity index (χ4v) is 6.66. The monoisotopic (exact) mass is 558 g/mol. The number of carbonyl (C=O) groups is 2. The van der Waals surface area contributed by atoms with Crippen molar-refractivity contribution in [1.82, 2.24) is 9.88 Å². The molecule has 1 amide bonds. The van der Waals surface area contributed by atoms with Crippen LogP contribution in [0.25, 0.3) is 0 Å². The molecule has 7 nitrogen and oxygen atoms in total. The Morgan fingerprint density at radius 3 is 2.31 bits per heavy atom. The molecule has 2 heterocycles. The van der Waals surface area contributed by atoms with Crippen LogP contribution >= 0.6 is 11.3 Å². The van der Waals surface area contributed by atoms with Gasteiger partial charge in [0.15, 0.2) is 0 Å². The summed E-state index contributed by atoms with van der Waals surface area (Å²) in [5.74, 6) is 0.0235. The Kier molecular flexibility index (Phi) is 9.22. The number of esters is 1. The van der Waals surface area contributed by atoms with E-state index in [1.807, 2.05) is 46.0 Å². The van der Waals surface area contributed by atoms with Crippen molar-refractivity contribution in [3.8, 4) is 5.75 Å². The van der Waals surface area contributed by atoms with Crippen molar-refractivity contribution in [2.75, 3.05) is 20.8 Å². The number of aryl methyl sites for hydroxylation is 1. The Labute approximate surface area is 238 Å². The molecule has 0 spiro atoms. The number of carbonyl (C=O) groups excluding carboxylic acids is 2. The Morgan fingerprint density at radius 2 is 1.82 bits per heavy atom. The minimum atomic E-state index is -1.18. The topological polar surface area (TPSA) is 78.0 Å². The highest BCUT2D eigenvalue weighted by atomic mass is 32.1. The lowest BCUT2D eigenvalue weighted by Gasteiger charge is -2.41. The van der Waals surface area contributed by atoms with Gasteiger partial charge >= 0.3 is 5.97 Å². The fraction of sp³-hybridized carbons (Fsp3) is 0.645. The lowest BCUT2D eigenvalue weighted by atomic mass is 9.83. The molecule has 2 aromatic rings. The van der Waals surface area contributed by atoms with Crippen LogP contribution in [0.5, 0.6) is 5.75 Å². The maximum Gasteiger partial charge on any atom is 0.332 e. The summed E-state index contributed by atoms with van der Waals surface area (Å²) in [5.41, 5.74) is -0.578. The van der Waals surface area contributed by atoms with Crippen LogP contribution in [-0.4, -0.2) is 53.7 Å². The zero-order chi connectivity index (χ0) is 29.3. The highest BCUT2D eigenvalue weighted by molar-refractivity contribution is 7.11. The smallest absolute Gasteiger partial charge is 0.332 e. The average Bonchev–Trinajstić information content (AvgIpc) is 3.37. The van der Waals surface area contributed by atoms with E-state index >= 15 is 0 Å². The van der Waals surface area contributed by atoms with Gasteiger partial charge in [0.2, 0.25) is 0 Å². The second kappa shape index (κ2) is 11.6. The number of hydrogen-bond acceptors (Lipinski definition) is 7. The van der Waals surface area contributed by atoms with Gasteiger partial charge < -0.3 is 19.1 Å². The van der Waals surface area contributed by atoms with E-state index in [0.717, 1.165) is 15.4 Å². The zero-order valence-electron chi connectivity index (χ0n) is 25.5.